The number of unbranched alkanes of at least 4 members (excludes halogenated alkanes) is 5. The Balaban J connectivity index is 1.84. The first-order valence-electron chi connectivity index (χ1n) is 6.10. The van der Waals surface area contributed by atoms with Crippen molar-refractivity contribution in [2.75, 3.05) is 6.61 Å². The summed E-state index contributed by atoms with van der Waals surface area (Å²) in [6.07, 6.45) is 9.53. The molecule has 1 rings (SSSR count). The van der Waals surface area contributed by atoms with Gasteiger partial charge in [0.1, 0.15) is 0 Å². The van der Waals surface area contributed by atoms with E-state index in [-0.39, 0.29) is 6.29 Å². The lowest BCUT2D eigenvalue weighted by Crippen LogP contribution is -2.08. The van der Waals surface area contributed by atoms with E-state index in [1.165, 1.54) is 38.5 Å². The third-order valence-corrected chi connectivity index (χ3v) is 2.69. The highest BCUT2D eigenvalue weighted by atomic mass is 16.7. The summed E-state index contributed by atoms with van der Waals surface area (Å²) in [6, 6.07) is 0. The molecule has 1 aliphatic rings. The third kappa shape index (κ3) is 4.97. The molecule has 2 atom stereocenters. The van der Waals surface area contributed by atoms with Gasteiger partial charge >= 0.3 is 0 Å². The molecule has 1 heterocycles. The van der Waals surface area contributed by atoms with Gasteiger partial charge in [0.25, 0.3) is 0 Å². The van der Waals surface area contributed by atoms with Gasteiger partial charge < -0.3 is 9.47 Å². The second kappa shape index (κ2) is 7.24. The van der Waals surface area contributed by atoms with E-state index in [0.717, 1.165) is 13.0 Å². The average Bonchev–Trinajstić information content (AvgIpc) is 2.58. The molecule has 0 aliphatic carbocycles. The third-order valence-electron chi connectivity index (χ3n) is 2.69. The number of hydrogen-bond acceptors (Lipinski definition) is 2. The van der Waals surface area contributed by atoms with Crippen LogP contribution in [0.15, 0.2) is 0 Å². The van der Waals surface area contributed by atoms with Crippen LogP contribution in [0.3, 0.4) is 0 Å². The van der Waals surface area contributed by atoms with Crippen molar-refractivity contribution in [1.29, 1.82) is 0 Å². The van der Waals surface area contributed by atoms with Crippen molar-refractivity contribution < 1.29 is 9.47 Å². The summed E-state index contributed by atoms with van der Waals surface area (Å²) in [4.78, 5) is 0. The van der Waals surface area contributed by atoms with Crippen molar-refractivity contribution in [2.45, 2.75) is 71.2 Å². The maximum absolute atomic E-state index is 5.57. The van der Waals surface area contributed by atoms with Crippen molar-refractivity contribution in [2.24, 2.45) is 0 Å². The zero-order valence-electron chi connectivity index (χ0n) is 9.63. The van der Waals surface area contributed by atoms with Gasteiger partial charge in [-0.05, 0) is 19.8 Å². The molecular weight excluding hydrogens is 176 g/mol. The predicted molar refractivity (Wildman–Crippen MR) is 58.3 cm³/mol. The zero-order chi connectivity index (χ0) is 10.2. The van der Waals surface area contributed by atoms with E-state index in [2.05, 4.69) is 13.8 Å². The lowest BCUT2D eigenvalue weighted by atomic mass is 10.1. The van der Waals surface area contributed by atoms with Crippen molar-refractivity contribution >= 4 is 0 Å². The summed E-state index contributed by atoms with van der Waals surface area (Å²) < 4.78 is 11.0. The van der Waals surface area contributed by atoms with Crippen LogP contribution >= 0.6 is 0 Å². The molecule has 1 fully saturated rings. The molecule has 0 aromatic carbocycles. The van der Waals surface area contributed by atoms with Gasteiger partial charge in [0, 0.05) is 0 Å². The lowest BCUT2D eigenvalue weighted by molar-refractivity contribution is -0.0604. The molecule has 0 amide bonds. The smallest absolute Gasteiger partial charge is 0.158 e. The minimum atomic E-state index is 0.0937. The highest BCUT2D eigenvalue weighted by molar-refractivity contribution is 4.60. The quantitative estimate of drug-likeness (QED) is 0.586. The molecule has 0 radical (unpaired) electrons. The molecule has 0 N–H and O–H groups in total. The molecule has 0 bridgehead atoms. The summed E-state index contributed by atoms with van der Waals surface area (Å²) >= 11 is 0. The molecule has 2 nitrogen and oxygen atoms in total. The fourth-order valence-electron chi connectivity index (χ4n) is 1.82. The van der Waals surface area contributed by atoms with Gasteiger partial charge in [0.15, 0.2) is 6.29 Å². The summed E-state index contributed by atoms with van der Waals surface area (Å²) in [5.41, 5.74) is 0. The van der Waals surface area contributed by atoms with Crippen LogP contribution in [0.5, 0.6) is 0 Å². The largest absolute Gasteiger partial charge is 0.350 e. The normalized spacial score (nSPS) is 27.0. The van der Waals surface area contributed by atoms with E-state index in [9.17, 15) is 0 Å². The predicted octanol–water partition coefficient (Wildman–Crippen LogP) is 3.50. The number of ether oxygens (including phenoxy) is 2. The summed E-state index contributed by atoms with van der Waals surface area (Å²) in [7, 11) is 0. The Morgan fingerprint density at radius 3 is 2.43 bits per heavy atom. The SMILES string of the molecule is CCCCCCCC[C@@H]1OC[C@@H](C)O1. The number of rotatable bonds is 7. The molecule has 1 saturated heterocycles. The average molecular weight is 200 g/mol. The minimum Gasteiger partial charge on any atom is -0.350 e. The Labute approximate surface area is 88.0 Å². The van der Waals surface area contributed by atoms with Crippen LogP contribution in [0.2, 0.25) is 0 Å². The molecule has 0 aromatic heterocycles. The highest BCUT2D eigenvalue weighted by Gasteiger charge is 2.21. The van der Waals surface area contributed by atoms with Crippen molar-refractivity contribution in [3.8, 4) is 0 Å². The van der Waals surface area contributed by atoms with Crippen LogP contribution < -0.4 is 0 Å². The van der Waals surface area contributed by atoms with Gasteiger partial charge in [-0.15, -0.1) is 0 Å². The first kappa shape index (κ1) is 12.0. The molecule has 0 spiro atoms. The summed E-state index contributed by atoms with van der Waals surface area (Å²) in [5, 5.41) is 0. The van der Waals surface area contributed by atoms with Gasteiger partial charge in [-0.2, -0.15) is 0 Å². The van der Waals surface area contributed by atoms with Crippen molar-refractivity contribution in [3.63, 3.8) is 0 Å². The van der Waals surface area contributed by atoms with E-state index >= 15 is 0 Å². The molecule has 1 aliphatic heterocycles. The Hall–Kier alpha value is -0.0800. The fourth-order valence-corrected chi connectivity index (χ4v) is 1.82. The van der Waals surface area contributed by atoms with E-state index in [0.29, 0.717) is 6.10 Å². The Bertz CT molecular complexity index is 136. The Morgan fingerprint density at radius 1 is 1.07 bits per heavy atom. The van der Waals surface area contributed by atoms with Crippen LogP contribution in [0, 0.1) is 0 Å². The van der Waals surface area contributed by atoms with Gasteiger partial charge in [-0.1, -0.05) is 39.0 Å². The topological polar surface area (TPSA) is 18.5 Å². The van der Waals surface area contributed by atoms with E-state index < -0.39 is 0 Å². The standard InChI is InChI=1S/C12H24O2/c1-3-4-5-6-7-8-9-12-13-10-11(2)14-12/h11-12H,3-10H2,1-2H3/t11-,12-/m1/s1. The van der Waals surface area contributed by atoms with Gasteiger partial charge in [-0.25, -0.2) is 0 Å². The van der Waals surface area contributed by atoms with Gasteiger partial charge in [-0.3, -0.25) is 0 Å². The molecule has 14 heavy (non-hydrogen) atoms. The van der Waals surface area contributed by atoms with Crippen molar-refractivity contribution in [3.05, 3.63) is 0 Å². The van der Waals surface area contributed by atoms with Crippen LogP contribution in [0.25, 0.3) is 0 Å². The van der Waals surface area contributed by atoms with E-state index in [1.807, 2.05) is 0 Å². The molecule has 84 valence electrons. The fraction of sp³-hybridized carbons (Fsp3) is 1.00. The van der Waals surface area contributed by atoms with Crippen molar-refractivity contribution in [1.82, 2.24) is 0 Å². The second-order valence-electron chi connectivity index (χ2n) is 4.27. The first-order chi connectivity index (χ1) is 6.83. The van der Waals surface area contributed by atoms with E-state index in [4.69, 9.17) is 9.47 Å². The van der Waals surface area contributed by atoms with Gasteiger partial charge in [0.2, 0.25) is 0 Å². The Kier molecular flexibility index (Phi) is 6.20. The van der Waals surface area contributed by atoms with E-state index in [1.54, 1.807) is 0 Å². The van der Waals surface area contributed by atoms with Crippen LogP contribution in [-0.2, 0) is 9.47 Å². The van der Waals surface area contributed by atoms with Crippen LogP contribution in [-0.4, -0.2) is 19.0 Å². The minimum absolute atomic E-state index is 0.0937. The van der Waals surface area contributed by atoms with Crippen LogP contribution in [0.4, 0.5) is 0 Å². The molecule has 0 saturated carbocycles. The molecule has 0 unspecified atom stereocenters. The molecular formula is C12H24O2. The Morgan fingerprint density at radius 2 is 1.79 bits per heavy atom. The second-order valence-corrected chi connectivity index (χ2v) is 4.27. The molecule has 2 heteroatoms. The van der Waals surface area contributed by atoms with Crippen LogP contribution in [0.1, 0.15) is 58.8 Å². The summed E-state index contributed by atoms with van der Waals surface area (Å²) in [5.74, 6) is 0. The first-order valence-corrected chi connectivity index (χ1v) is 6.10. The molecule has 0 aromatic rings. The number of hydrogen-bond donors (Lipinski definition) is 0. The maximum Gasteiger partial charge on any atom is 0.158 e. The summed E-state index contributed by atoms with van der Waals surface area (Å²) in [6.45, 7) is 5.10. The maximum atomic E-state index is 5.57. The lowest BCUT2D eigenvalue weighted by Gasteiger charge is -2.08. The zero-order valence-corrected chi connectivity index (χ0v) is 9.63. The highest BCUT2D eigenvalue weighted by Crippen LogP contribution is 2.17. The monoisotopic (exact) mass is 200 g/mol. The van der Waals surface area contributed by atoms with Gasteiger partial charge in [0.05, 0.1) is 12.7 Å².